The first-order valence-electron chi connectivity index (χ1n) is 6.96. The van der Waals surface area contributed by atoms with E-state index in [9.17, 15) is 9.90 Å². The zero-order valence-electron chi connectivity index (χ0n) is 12.9. The highest BCUT2D eigenvalue weighted by atomic mass is 16.5. The molecule has 0 fully saturated rings. The molecular formula is C15H24N2O4. The fourth-order valence-corrected chi connectivity index (χ4v) is 1.91. The molecule has 0 saturated carbocycles. The number of para-hydroxylation sites is 1. The predicted octanol–water partition coefficient (Wildman–Crippen LogP) is 0.985. The Bertz CT molecular complexity index is 451. The smallest absolute Gasteiger partial charge is 0.234 e. The summed E-state index contributed by atoms with van der Waals surface area (Å²) in [6, 6.07) is 5.36. The van der Waals surface area contributed by atoms with Crippen LogP contribution in [0.3, 0.4) is 0 Å². The fourth-order valence-electron chi connectivity index (χ4n) is 1.91. The van der Waals surface area contributed by atoms with Crippen molar-refractivity contribution in [3.8, 4) is 11.5 Å². The monoisotopic (exact) mass is 296 g/mol. The van der Waals surface area contributed by atoms with Gasteiger partial charge in [0.2, 0.25) is 5.91 Å². The van der Waals surface area contributed by atoms with Crippen LogP contribution >= 0.6 is 0 Å². The summed E-state index contributed by atoms with van der Waals surface area (Å²) in [7, 11) is 3.41. The van der Waals surface area contributed by atoms with Crippen molar-refractivity contribution in [1.29, 1.82) is 0 Å². The van der Waals surface area contributed by atoms with Crippen LogP contribution in [0, 0.1) is 0 Å². The van der Waals surface area contributed by atoms with E-state index in [1.807, 2.05) is 31.0 Å². The highest BCUT2D eigenvalue weighted by molar-refractivity contribution is 5.77. The molecule has 0 spiro atoms. The van der Waals surface area contributed by atoms with Crippen molar-refractivity contribution in [2.24, 2.45) is 0 Å². The van der Waals surface area contributed by atoms with Crippen LogP contribution in [-0.4, -0.2) is 56.4 Å². The van der Waals surface area contributed by atoms with Crippen LogP contribution in [0.25, 0.3) is 0 Å². The largest absolute Gasteiger partial charge is 0.504 e. The summed E-state index contributed by atoms with van der Waals surface area (Å²) in [6.07, 6.45) is 0. The summed E-state index contributed by atoms with van der Waals surface area (Å²) in [5, 5.41) is 12.9. The molecule has 0 heterocycles. The Labute approximate surface area is 125 Å². The van der Waals surface area contributed by atoms with E-state index in [2.05, 4.69) is 5.32 Å². The third kappa shape index (κ3) is 6.01. The number of carbonyl (C=O) groups is 1. The van der Waals surface area contributed by atoms with Crippen molar-refractivity contribution in [1.82, 2.24) is 10.2 Å². The van der Waals surface area contributed by atoms with E-state index in [0.29, 0.717) is 32.1 Å². The average molecular weight is 296 g/mol. The van der Waals surface area contributed by atoms with Gasteiger partial charge in [-0.05, 0) is 20.0 Å². The zero-order valence-corrected chi connectivity index (χ0v) is 12.9. The number of ether oxygens (including phenoxy) is 2. The normalized spacial score (nSPS) is 10.7. The molecule has 1 aromatic carbocycles. The first kappa shape index (κ1) is 17.3. The first-order chi connectivity index (χ1) is 10.1. The van der Waals surface area contributed by atoms with Gasteiger partial charge in [-0.25, -0.2) is 0 Å². The van der Waals surface area contributed by atoms with Crippen molar-refractivity contribution in [2.75, 3.05) is 40.5 Å². The summed E-state index contributed by atoms with van der Waals surface area (Å²) in [5.74, 6) is 0.522. The van der Waals surface area contributed by atoms with Gasteiger partial charge in [-0.15, -0.1) is 0 Å². The minimum absolute atomic E-state index is 0.0741. The van der Waals surface area contributed by atoms with Crippen molar-refractivity contribution in [3.05, 3.63) is 23.8 Å². The Morgan fingerprint density at radius 1 is 1.43 bits per heavy atom. The number of likely N-dealkylation sites (N-methyl/N-ethyl adjacent to an activating group) is 1. The molecule has 21 heavy (non-hydrogen) atoms. The average Bonchev–Trinajstić information content (AvgIpc) is 2.43. The zero-order chi connectivity index (χ0) is 15.7. The number of phenols is 1. The molecular weight excluding hydrogens is 272 g/mol. The highest BCUT2D eigenvalue weighted by Gasteiger charge is 2.12. The third-order valence-electron chi connectivity index (χ3n) is 2.86. The Hall–Kier alpha value is -1.79. The van der Waals surface area contributed by atoms with Crippen LogP contribution in [0.1, 0.15) is 12.5 Å². The van der Waals surface area contributed by atoms with Gasteiger partial charge >= 0.3 is 0 Å². The van der Waals surface area contributed by atoms with Crippen LogP contribution in [0.2, 0.25) is 0 Å². The van der Waals surface area contributed by atoms with Crippen molar-refractivity contribution < 1.29 is 19.4 Å². The number of hydrogen-bond acceptors (Lipinski definition) is 5. The summed E-state index contributed by atoms with van der Waals surface area (Å²) < 4.78 is 10.2. The van der Waals surface area contributed by atoms with Gasteiger partial charge in [0.05, 0.1) is 19.8 Å². The van der Waals surface area contributed by atoms with Gasteiger partial charge in [0.15, 0.2) is 11.5 Å². The lowest BCUT2D eigenvalue weighted by Gasteiger charge is -2.18. The third-order valence-corrected chi connectivity index (χ3v) is 2.86. The highest BCUT2D eigenvalue weighted by Crippen LogP contribution is 2.30. The van der Waals surface area contributed by atoms with Gasteiger partial charge in [-0.1, -0.05) is 12.1 Å². The van der Waals surface area contributed by atoms with E-state index in [1.54, 1.807) is 13.2 Å². The SMILES string of the molecule is CCOc1cccc(CN(C)CC(=O)NCCOC)c1O. The standard InChI is InChI=1S/C15H24N2O4/c1-4-21-13-7-5-6-12(15(13)19)10-17(2)11-14(18)16-8-9-20-3/h5-7,19H,4,8-11H2,1-3H3,(H,16,18). The number of amides is 1. The molecule has 118 valence electrons. The topological polar surface area (TPSA) is 71.0 Å². The molecule has 0 radical (unpaired) electrons. The van der Waals surface area contributed by atoms with Crippen LogP contribution in [0.4, 0.5) is 0 Å². The number of aromatic hydroxyl groups is 1. The Balaban J connectivity index is 2.52. The second-order valence-corrected chi connectivity index (χ2v) is 4.71. The Morgan fingerprint density at radius 2 is 2.19 bits per heavy atom. The number of benzene rings is 1. The minimum atomic E-state index is -0.0741. The molecule has 0 aromatic heterocycles. The van der Waals surface area contributed by atoms with Gasteiger partial charge in [-0.2, -0.15) is 0 Å². The van der Waals surface area contributed by atoms with Gasteiger partial charge in [0.25, 0.3) is 0 Å². The second-order valence-electron chi connectivity index (χ2n) is 4.71. The molecule has 1 rings (SSSR count). The number of methoxy groups -OCH3 is 1. The van der Waals surface area contributed by atoms with Crippen molar-refractivity contribution >= 4 is 5.91 Å². The summed E-state index contributed by atoms with van der Waals surface area (Å²) in [6.45, 7) is 4.06. The Morgan fingerprint density at radius 3 is 2.86 bits per heavy atom. The van der Waals surface area contributed by atoms with E-state index in [0.717, 1.165) is 5.56 Å². The fraction of sp³-hybridized carbons (Fsp3) is 0.533. The summed E-state index contributed by atoms with van der Waals surface area (Å²) in [5.41, 5.74) is 0.730. The van der Waals surface area contributed by atoms with Gasteiger partial charge in [0.1, 0.15) is 0 Å². The number of nitrogens with zero attached hydrogens (tertiary/aromatic N) is 1. The molecule has 0 aliphatic carbocycles. The quantitative estimate of drug-likeness (QED) is 0.665. The maximum Gasteiger partial charge on any atom is 0.234 e. The number of nitrogens with one attached hydrogen (secondary N) is 1. The lowest BCUT2D eigenvalue weighted by Crippen LogP contribution is -2.36. The molecule has 0 aliphatic rings. The summed E-state index contributed by atoms with van der Waals surface area (Å²) >= 11 is 0. The molecule has 0 saturated heterocycles. The molecule has 0 unspecified atom stereocenters. The van der Waals surface area contributed by atoms with E-state index < -0.39 is 0 Å². The maximum absolute atomic E-state index is 11.7. The predicted molar refractivity (Wildman–Crippen MR) is 80.5 cm³/mol. The Kier molecular flexibility index (Phi) is 7.56. The summed E-state index contributed by atoms with van der Waals surface area (Å²) in [4.78, 5) is 13.5. The molecule has 0 atom stereocenters. The molecule has 1 aromatic rings. The van der Waals surface area contributed by atoms with E-state index in [1.165, 1.54) is 0 Å². The molecule has 6 heteroatoms. The minimum Gasteiger partial charge on any atom is -0.504 e. The number of carbonyl (C=O) groups excluding carboxylic acids is 1. The van der Waals surface area contributed by atoms with E-state index in [4.69, 9.17) is 9.47 Å². The van der Waals surface area contributed by atoms with E-state index in [-0.39, 0.29) is 18.2 Å². The van der Waals surface area contributed by atoms with Crippen molar-refractivity contribution in [3.63, 3.8) is 0 Å². The van der Waals surface area contributed by atoms with Gasteiger partial charge in [0, 0.05) is 25.8 Å². The van der Waals surface area contributed by atoms with Crippen LogP contribution in [-0.2, 0) is 16.1 Å². The van der Waals surface area contributed by atoms with Crippen LogP contribution in [0.15, 0.2) is 18.2 Å². The molecule has 0 aliphatic heterocycles. The van der Waals surface area contributed by atoms with E-state index >= 15 is 0 Å². The molecule has 0 bridgehead atoms. The lowest BCUT2D eigenvalue weighted by atomic mass is 10.1. The van der Waals surface area contributed by atoms with Gasteiger partial charge < -0.3 is 19.9 Å². The van der Waals surface area contributed by atoms with Crippen LogP contribution < -0.4 is 10.1 Å². The maximum atomic E-state index is 11.7. The number of phenolic OH excluding ortho intramolecular Hbond substituents is 1. The number of rotatable bonds is 9. The molecule has 2 N–H and O–H groups in total. The second kappa shape index (κ2) is 9.20. The number of hydrogen-bond donors (Lipinski definition) is 2. The lowest BCUT2D eigenvalue weighted by molar-refractivity contribution is -0.122. The molecule has 6 nitrogen and oxygen atoms in total. The molecule has 1 amide bonds. The van der Waals surface area contributed by atoms with Gasteiger partial charge in [-0.3, -0.25) is 9.69 Å². The van der Waals surface area contributed by atoms with Crippen molar-refractivity contribution in [2.45, 2.75) is 13.5 Å². The first-order valence-corrected chi connectivity index (χ1v) is 6.96. The van der Waals surface area contributed by atoms with Crippen LogP contribution in [0.5, 0.6) is 11.5 Å².